The van der Waals surface area contributed by atoms with Crippen LogP contribution in [0.1, 0.15) is 28.8 Å². The van der Waals surface area contributed by atoms with Gasteiger partial charge in [0.25, 0.3) is 0 Å². The highest BCUT2D eigenvalue weighted by Crippen LogP contribution is 2.38. The van der Waals surface area contributed by atoms with Gasteiger partial charge < -0.3 is 5.32 Å². The first-order chi connectivity index (χ1) is 13.8. The van der Waals surface area contributed by atoms with Gasteiger partial charge in [-0.15, -0.1) is 11.3 Å². The Morgan fingerprint density at radius 1 is 1.17 bits per heavy atom. The lowest BCUT2D eigenvalue weighted by atomic mass is 9.97. The molecule has 2 aromatic heterocycles. The lowest BCUT2D eigenvalue weighted by Crippen LogP contribution is -2.34. The molecule has 3 N–H and O–H groups in total. The Bertz CT molecular complexity index is 1090. The van der Waals surface area contributed by atoms with Crippen molar-refractivity contribution in [2.45, 2.75) is 31.9 Å². The molecule has 0 saturated heterocycles. The van der Waals surface area contributed by atoms with Gasteiger partial charge in [-0.2, -0.15) is 13.2 Å². The van der Waals surface area contributed by atoms with Crippen LogP contribution in [0.2, 0.25) is 5.02 Å². The van der Waals surface area contributed by atoms with E-state index in [0.717, 1.165) is 48.0 Å². The Hall–Kier alpha value is -2.59. The first-order valence-electron chi connectivity index (χ1n) is 8.78. The maximum atomic E-state index is 13.0. The van der Waals surface area contributed by atoms with Crippen LogP contribution in [0.4, 0.5) is 29.5 Å². The Balaban J connectivity index is 1.49. The van der Waals surface area contributed by atoms with Gasteiger partial charge in [0.2, 0.25) is 0 Å². The van der Waals surface area contributed by atoms with Gasteiger partial charge in [0.15, 0.2) is 5.82 Å². The molecule has 1 aliphatic carbocycles. The number of hydrogen-bond acceptors (Lipinski definition) is 5. The minimum Gasteiger partial charge on any atom is -0.307 e. The van der Waals surface area contributed by atoms with E-state index >= 15 is 0 Å². The number of benzene rings is 1. The van der Waals surface area contributed by atoms with Crippen LogP contribution in [0.5, 0.6) is 0 Å². The van der Waals surface area contributed by atoms with Crippen LogP contribution in [0.25, 0.3) is 10.2 Å². The molecule has 0 spiro atoms. The molecule has 152 valence electrons. The minimum absolute atomic E-state index is 0.0400. The number of anilines is 2. The second-order valence-corrected chi connectivity index (χ2v) is 8.00. The summed E-state index contributed by atoms with van der Waals surface area (Å²) in [5.41, 5.74) is 5.28. The fraction of sp³-hybridized carbons (Fsp3) is 0.278. The predicted molar refractivity (Wildman–Crippen MR) is 106 cm³/mol. The van der Waals surface area contributed by atoms with Crippen LogP contribution < -0.4 is 16.2 Å². The zero-order valence-corrected chi connectivity index (χ0v) is 16.4. The van der Waals surface area contributed by atoms with E-state index in [-0.39, 0.29) is 5.69 Å². The molecular formula is C18H15ClF3N5OS. The summed E-state index contributed by atoms with van der Waals surface area (Å²) >= 11 is 7.20. The maximum absolute atomic E-state index is 13.0. The van der Waals surface area contributed by atoms with Gasteiger partial charge in [-0.25, -0.2) is 14.8 Å². The molecule has 0 fully saturated rings. The van der Waals surface area contributed by atoms with Crippen LogP contribution in [0, 0.1) is 0 Å². The molecule has 1 aromatic carbocycles. The summed E-state index contributed by atoms with van der Waals surface area (Å²) in [5, 5.41) is 2.78. The van der Waals surface area contributed by atoms with Crippen LogP contribution >= 0.6 is 22.9 Å². The van der Waals surface area contributed by atoms with Crippen molar-refractivity contribution in [1.29, 1.82) is 0 Å². The number of fused-ring (bicyclic) bond motifs is 3. The van der Waals surface area contributed by atoms with Crippen LogP contribution in [0.15, 0.2) is 24.5 Å². The lowest BCUT2D eigenvalue weighted by Gasteiger charge is -2.14. The highest BCUT2D eigenvalue weighted by atomic mass is 35.5. The number of thiophene rings is 1. The van der Waals surface area contributed by atoms with E-state index in [4.69, 9.17) is 11.6 Å². The maximum Gasteiger partial charge on any atom is 0.417 e. The van der Waals surface area contributed by atoms with Gasteiger partial charge in [-0.3, -0.25) is 10.9 Å². The molecular weight excluding hydrogens is 427 g/mol. The Labute approximate surface area is 172 Å². The average Bonchev–Trinajstić information content (AvgIpc) is 3.06. The normalized spacial score (nSPS) is 13.8. The van der Waals surface area contributed by atoms with Crippen LogP contribution in [-0.2, 0) is 19.0 Å². The lowest BCUT2D eigenvalue weighted by molar-refractivity contribution is -0.137. The van der Waals surface area contributed by atoms with Crippen molar-refractivity contribution in [3.05, 3.63) is 45.6 Å². The SMILES string of the molecule is O=C(NNc1ncnc2sc3c(c12)CCCC3)Nc1ccc(Cl)c(C(F)(F)F)c1. The van der Waals surface area contributed by atoms with E-state index in [9.17, 15) is 18.0 Å². The number of nitrogens with one attached hydrogen (secondary N) is 3. The van der Waals surface area contributed by atoms with Crippen molar-refractivity contribution in [2.24, 2.45) is 0 Å². The molecule has 0 radical (unpaired) electrons. The van der Waals surface area contributed by atoms with Gasteiger partial charge in [0.05, 0.1) is 16.0 Å². The summed E-state index contributed by atoms with van der Waals surface area (Å²) in [6, 6.07) is 2.41. The summed E-state index contributed by atoms with van der Waals surface area (Å²) in [4.78, 5) is 22.8. The van der Waals surface area contributed by atoms with Crippen molar-refractivity contribution in [3.8, 4) is 0 Å². The molecule has 2 amide bonds. The van der Waals surface area contributed by atoms with Gasteiger partial charge >= 0.3 is 12.2 Å². The zero-order valence-electron chi connectivity index (χ0n) is 14.9. The molecule has 4 rings (SSSR count). The third-order valence-electron chi connectivity index (χ3n) is 4.58. The minimum atomic E-state index is -4.62. The van der Waals surface area contributed by atoms with Crippen molar-refractivity contribution in [2.75, 3.05) is 10.7 Å². The number of aryl methyl sites for hydroxylation is 2. The number of halogens is 4. The quantitative estimate of drug-likeness (QED) is 0.476. The Kier molecular flexibility index (Phi) is 5.22. The zero-order chi connectivity index (χ0) is 20.6. The summed E-state index contributed by atoms with van der Waals surface area (Å²) in [7, 11) is 0. The number of carbonyl (C=O) groups excluding carboxylic acids is 1. The fourth-order valence-corrected chi connectivity index (χ4v) is 4.74. The monoisotopic (exact) mass is 441 g/mol. The fourth-order valence-electron chi connectivity index (χ4n) is 3.28. The van der Waals surface area contributed by atoms with E-state index in [1.165, 1.54) is 22.8 Å². The second kappa shape index (κ2) is 7.68. The number of hydrazine groups is 1. The first kappa shape index (κ1) is 19.7. The largest absolute Gasteiger partial charge is 0.417 e. The summed E-state index contributed by atoms with van der Waals surface area (Å²) in [5.74, 6) is 0.455. The Morgan fingerprint density at radius 2 is 1.97 bits per heavy atom. The number of urea groups is 1. The van der Waals surface area contributed by atoms with Gasteiger partial charge in [0.1, 0.15) is 11.2 Å². The van der Waals surface area contributed by atoms with E-state index in [2.05, 4.69) is 26.1 Å². The molecule has 11 heteroatoms. The molecule has 0 saturated carbocycles. The molecule has 1 aliphatic rings. The summed E-state index contributed by atoms with van der Waals surface area (Å²) in [6.45, 7) is 0. The van der Waals surface area contributed by atoms with E-state index in [1.807, 2.05) is 0 Å². The van der Waals surface area contributed by atoms with Crippen molar-refractivity contribution >= 4 is 50.7 Å². The van der Waals surface area contributed by atoms with Gasteiger partial charge in [-0.05, 0) is 49.4 Å². The van der Waals surface area contributed by atoms with Crippen molar-refractivity contribution in [1.82, 2.24) is 15.4 Å². The number of nitrogens with zero attached hydrogens (tertiary/aromatic N) is 2. The molecule has 2 heterocycles. The summed E-state index contributed by atoms with van der Waals surface area (Å²) < 4.78 is 38.9. The standard InChI is InChI=1S/C18H15ClF3N5OS/c19-12-6-5-9(7-11(12)18(20,21)22)25-17(28)27-26-15-14-10-3-1-2-4-13(10)29-16(14)24-8-23-15/h5-8H,1-4H2,(H,23,24,26)(H2,25,27,28). The third kappa shape index (κ3) is 4.08. The Morgan fingerprint density at radius 3 is 2.76 bits per heavy atom. The van der Waals surface area contributed by atoms with E-state index in [1.54, 1.807) is 11.3 Å². The molecule has 6 nitrogen and oxygen atoms in total. The molecule has 0 atom stereocenters. The van der Waals surface area contributed by atoms with Crippen molar-refractivity contribution in [3.63, 3.8) is 0 Å². The highest BCUT2D eigenvalue weighted by Gasteiger charge is 2.33. The molecule has 0 bridgehead atoms. The van der Waals surface area contributed by atoms with Crippen LogP contribution in [-0.4, -0.2) is 16.0 Å². The summed E-state index contributed by atoms with van der Waals surface area (Å²) in [6.07, 6.45) is 0.933. The molecule has 29 heavy (non-hydrogen) atoms. The first-order valence-corrected chi connectivity index (χ1v) is 9.97. The molecule has 3 aromatic rings. The number of amides is 2. The smallest absolute Gasteiger partial charge is 0.307 e. The number of aromatic nitrogens is 2. The van der Waals surface area contributed by atoms with Crippen LogP contribution in [0.3, 0.4) is 0 Å². The third-order valence-corrected chi connectivity index (χ3v) is 6.10. The number of hydrogen-bond donors (Lipinski definition) is 3. The van der Waals surface area contributed by atoms with Crippen molar-refractivity contribution < 1.29 is 18.0 Å². The topological polar surface area (TPSA) is 78.9 Å². The number of alkyl halides is 3. The number of carbonyl (C=O) groups is 1. The molecule has 0 unspecified atom stereocenters. The predicted octanol–water partition coefficient (Wildman–Crippen LogP) is 5.39. The highest BCUT2D eigenvalue weighted by molar-refractivity contribution is 7.19. The van der Waals surface area contributed by atoms with Gasteiger partial charge in [0, 0.05) is 10.6 Å². The molecule has 0 aliphatic heterocycles. The average molecular weight is 442 g/mol. The van der Waals surface area contributed by atoms with Gasteiger partial charge in [-0.1, -0.05) is 11.6 Å². The second-order valence-electron chi connectivity index (χ2n) is 6.51. The van der Waals surface area contributed by atoms with E-state index in [0.29, 0.717) is 5.82 Å². The number of rotatable bonds is 3. The van der Waals surface area contributed by atoms with E-state index < -0.39 is 22.8 Å².